The molecule has 0 radical (unpaired) electrons. The number of hydrogen-bond acceptors (Lipinski definition) is 6. The first-order valence-electron chi connectivity index (χ1n) is 12.8. The van der Waals surface area contributed by atoms with Gasteiger partial charge in [-0.15, -0.1) is 0 Å². The van der Waals surface area contributed by atoms with Crippen LogP contribution < -0.4 is 0 Å². The number of piperazine rings is 1. The van der Waals surface area contributed by atoms with Crippen LogP contribution in [-0.4, -0.2) is 67.2 Å². The molecule has 37 heavy (non-hydrogen) atoms. The molecule has 1 aromatic carbocycles. The molecule has 4 heterocycles. The highest BCUT2D eigenvalue weighted by Crippen LogP contribution is 2.17. The fourth-order valence-corrected chi connectivity index (χ4v) is 4.74. The number of fused-ring (bicyclic) bond motifs is 1. The smallest absolute Gasteiger partial charge is 0.168 e. The third kappa shape index (κ3) is 5.93. The van der Waals surface area contributed by atoms with E-state index in [1.165, 1.54) is 11.1 Å². The van der Waals surface area contributed by atoms with E-state index in [0.29, 0.717) is 23.6 Å². The van der Waals surface area contributed by atoms with Crippen molar-refractivity contribution in [1.29, 1.82) is 0 Å². The van der Waals surface area contributed by atoms with Crippen molar-refractivity contribution < 1.29 is 4.79 Å². The van der Waals surface area contributed by atoms with Gasteiger partial charge in [-0.2, -0.15) is 0 Å². The van der Waals surface area contributed by atoms with Gasteiger partial charge in [-0.25, -0.2) is 4.98 Å². The first-order chi connectivity index (χ1) is 18.0. The number of aromatic nitrogens is 4. The van der Waals surface area contributed by atoms with Crippen molar-refractivity contribution >= 4 is 11.4 Å². The number of carbonyl (C=O) groups excluding carboxylic acids is 1. The molecule has 0 aliphatic carbocycles. The third-order valence-electron chi connectivity index (χ3n) is 7.02. The van der Waals surface area contributed by atoms with E-state index in [1.54, 1.807) is 31.0 Å². The minimum absolute atomic E-state index is 0.0361. The summed E-state index contributed by atoms with van der Waals surface area (Å²) in [5.41, 5.74) is 6.34. The van der Waals surface area contributed by atoms with Gasteiger partial charge in [-0.1, -0.05) is 24.1 Å². The fourth-order valence-electron chi connectivity index (χ4n) is 4.74. The molecule has 4 aromatic rings. The average molecular weight is 493 g/mol. The summed E-state index contributed by atoms with van der Waals surface area (Å²) >= 11 is 0. The molecule has 1 fully saturated rings. The Balaban J connectivity index is 1.23. The Hall–Kier alpha value is -3.86. The van der Waals surface area contributed by atoms with Crippen LogP contribution in [0.4, 0.5) is 0 Å². The molecule has 0 saturated carbocycles. The number of aryl methyl sites for hydroxylation is 1. The standard InChI is InChI=1S/C30H32N6O/c1-22(2)35-12-10-34(11-13-35)21-26-6-4-24(14-23(26)3)16-29(37)27-15-25(17-32-18-27)5-7-28-19-33-30-20-31-8-9-36(28)30/h4,6,8-9,14-15,17-20,22H,10-13,16,21H2,1-3H3. The zero-order valence-electron chi connectivity index (χ0n) is 21.7. The lowest BCUT2D eigenvalue weighted by Crippen LogP contribution is -2.48. The van der Waals surface area contributed by atoms with Gasteiger partial charge in [0.25, 0.3) is 0 Å². The molecule has 0 bridgehead atoms. The molecular weight excluding hydrogens is 460 g/mol. The first kappa shape index (κ1) is 24.8. The van der Waals surface area contributed by atoms with Crippen molar-refractivity contribution in [1.82, 2.24) is 29.2 Å². The summed E-state index contributed by atoms with van der Waals surface area (Å²) in [6.45, 7) is 12.1. The van der Waals surface area contributed by atoms with E-state index in [9.17, 15) is 4.79 Å². The number of hydrogen-bond donors (Lipinski definition) is 0. The van der Waals surface area contributed by atoms with E-state index in [0.717, 1.165) is 49.6 Å². The van der Waals surface area contributed by atoms with Crippen molar-refractivity contribution in [2.45, 2.75) is 39.8 Å². The molecule has 7 heteroatoms. The van der Waals surface area contributed by atoms with Crippen LogP contribution in [0.25, 0.3) is 5.65 Å². The number of nitrogens with zero attached hydrogens (tertiary/aromatic N) is 6. The second-order valence-electron chi connectivity index (χ2n) is 9.93. The van der Waals surface area contributed by atoms with Gasteiger partial charge in [0.05, 0.1) is 12.4 Å². The quantitative estimate of drug-likeness (QED) is 0.301. The van der Waals surface area contributed by atoms with Crippen LogP contribution in [0.15, 0.2) is 61.4 Å². The monoisotopic (exact) mass is 492 g/mol. The van der Waals surface area contributed by atoms with Crippen LogP contribution in [0, 0.1) is 18.8 Å². The summed E-state index contributed by atoms with van der Waals surface area (Å²) in [7, 11) is 0. The van der Waals surface area contributed by atoms with Gasteiger partial charge >= 0.3 is 0 Å². The summed E-state index contributed by atoms with van der Waals surface area (Å²) in [6.07, 6.45) is 10.6. The van der Waals surface area contributed by atoms with E-state index in [4.69, 9.17) is 0 Å². The van der Waals surface area contributed by atoms with Crippen molar-refractivity contribution in [3.8, 4) is 11.8 Å². The van der Waals surface area contributed by atoms with E-state index in [2.05, 4.69) is 75.6 Å². The van der Waals surface area contributed by atoms with Gasteiger partial charge in [0.15, 0.2) is 11.4 Å². The Morgan fingerprint density at radius 3 is 2.62 bits per heavy atom. The van der Waals surface area contributed by atoms with E-state index >= 15 is 0 Å². The van der Waals surface area contributed by atoms with Crippen LogP contribution in [0.5, 0.6) is 0 Å². The number of benzene rings is 1. The molecule has 0 amide bonds. The number of Topliss-reactive ketones (excluding diaryl/α,β-unsaturated/α-hetero) is 1. The van der Waals surface area contributed by atoms with Crippen molar-refractivity contribution in [2.75, 3.05) is 26.2 Å². The zero-order valence-corrected chi connectivity index (χ0v) is 21.7. The number of imidazole rings is 1. The topological polar surface area (TPSA) is 66.6 Å². The minimum atomic E-state index is 0.0361. The highest BCUT2D eigenvalue weighted by atomic mass is 16.1. The Morgan fingerprint density at radius 2 is 1.84 bits per heavy atom. The second-order valence-corrected chi connectivity index (χ2v) is 9.93. The zero-order chi connectivity index (χ0) is 25.8. The molecule has 3 aromatic heterocycles. The molecular formula is C30H32N6O. The molecule has 1 saturated heterocycles. The summed E-state index contributed by atoms with van der Waals surface area (Å²) in [4.78, 5) is 30.7. The SMILES string of the molecule is Cc1cc(CC(=O)c2cncc(C#Cc3cnc4cnccn34)c2)ccc1CN1CCN(C(C)C)CC1. The van der Waals surface area contributed by atoms with Gasteiger partial charge < -0.3 is 0 Å². The normalized spacial score (nSPS) is 14.6. The summed E-state index contributed by atoms with van der Waals surface area (Å²) < 4.78 is 1.88. The summed E-state index contributed by atoms with van der Waals surface area (Å²) in [6, 6.07) is 8.83. The van der Waals surface area contributed by atoms with E-state index in [1.807, 2.05) is 16.7 Å². The highest BCUT2D eigenvalue weighted by Gasteiger charge is 2.19. The number of ketones is 1. The predicted molar refractivity (Wildman–Crippen MR) is 144 cm³/mol. The summed E-state index contributed by atoms with van der Waals surface area (Å²) in [5.74, 6) is 6.26. The van der Waals surface area contributed by atoms with Gasteiger partial charge in [-0.3, -0.25) is 29.0 Å². The Labute approximate surface area is 218 Å². The Bertz CT molecular complexity index is 1470. The highest BCUT2D eigenvalue weighted by molar-refractivity contribution is 5.97. The number of pyridine rings is 1. The lowest BCUT2D eigenvalue weighted by atomic mass is 9.99. The van der Waals surface area contributed by atoms with Crippen LogP contribution in [0.1, 0.15) is 52.2 Å². The molecule has 0 atom stereocenters. The Morgan fingerprint density at radius 1 is 1.00 bits per heavy atom. The van der Waals surface area contributed by atoms with Crippen LogP contribution in [0.2, 0.25) is 0 Å². The lowest BCUT2D eigenvalue weighted by Gasteiger charge is -2.37. The Kier molecular flexibility index (Phi) is 7.40. The van der Waals surface area contributed by atoms with Gasteiger partial charge in [-0.05, 0) is 49.4 Å². The molecule has 1 aliphatic heterocycles. The first-order valence-corrected chi connectivity index (χ1v) is 12.8. The molecule has 0 unspecified atom stereocenters. The van der Waals surface area contributed by atoms with Gasteiger partial charge in [0.1, 0.15) is 5.69 Å². The van der Waals surface area contributed by atoms with Crippen LogP contribution >= 0.6 is 0 Å². The molecule has 7 nitrogen and oxygen atoms in total. The van der Waals surface area contributed by atoms with E-state index in [-0.39, 0.29) is 5.78 Å². The second kappa shape index (κ2) is 11.0. The molecule has 0 spiro atoms. The molecule has 0 N–H and O–H groups in total. The van der Waals surface area contributed by atoms with Crippen molar-refractivity contribution in [2.24, 2.45) is 0 Å². The van der Waals surface area contributed by atoms with Crippen LogP contribution in [-0.2, 0) is 13.0 Å². The third-order valence-corrected chi connectivity index (χ3v) is 7.02. The minimum Gasteiger partial charge on any atom is -0.298 e. The maximum Gasteiger partial charge on any atom is 0.168 e. The van der Waals surface area contributed by atoms with Crippen molar-refractivity contribution in [3.63, 3.8) is 0 Å². The van der Waals surface area contributed by atoms with Gasteiger partial charge in [0, 0.05) is 81.1 Å². The maximum absolute atomic E-state index is 13.1. The number of rotatable bonds is 6. The maximum atomic E-state index is 13.1. The van der Waals surface area contributed by atoms with Crippen molar-refractivity contribution in [3.05, 3.63) is 95.0 Å². The predicted octanol–water partition coefficient (Wildman–Crippen LogP) is 3.78. The largest absolute Gasteiger partial charge is 0.298 e. The van der Waals surface area contributed by atoms with E-state index < -0.39 is 0 Å². The summed E-state index contributed by atoms with van der Waals surface area (Å²) in [5, 5.41) is 0. The molecule has 188 valence electrons. The molecule has 1 aliphatic rings. The molecule has 5 rings (SSSR count). The number of carbonyl (C=O) groups is 1. The average Bonchev–Trinajstić information content (AvgIpc) is 3.32. The lowest BCUT2D eigenvalue weighted by molar-refractivity contribution is 0.0992. The fraction of sp³-hybridized carbons (Fsp3) is 0.333. The van der Waals surface area contributed by atoms with Crippen LogP contribution in [0.3, 0.4) is 0 Å². The van der Waals surface area contributed by atoms with Gasteiger partial charge in [0.2, 0.25) is 0 Å².